The van der Waals surface area contributed by atoms with Crippen molar-refractivity contribution < 1.29 is 4.42 Å². The predicted octanol–water partition coefficient (Wildman–Crippen LogP) is 5.24. The van der Waals surface area contributed by atoms with Crippen LogP contribution in [0.2, 0.25) is 4.34 Å². The summed E-state index contributed by atoms with van der Waals surface area (Å²) in [7, 11) is 0. The van der Waals surface area contributed by atoms with Crippen molar-refractivity contribution in [1.29, 1.82) is 0 Å². The topological polar surface area (TPSA) is 77.8 Å². The lowest BCUT2D eigenvalue weighted by molar-refractivity contribution is 0.588. The number of nitrogens with zero attached hydrogens (tertiary/aromatic N) is 3. The van der Waals surface area contributed by atoms with Crippen molar-refractivity contribution >= 4 is 50.2 Å². The molecule has 0 bridgehead atoms. The van der Waals surface area contributed by atoms with Gasteiger partial charge in [-0.25, -0.2) is 4.98 Å². The molecule has 5 nitrogen and oxygen atoms in total. The summed E-state index contributed by atoms with van der Waals surface area (Å²) in [5.41, 5.74) is 10.3. The first kappa shape index (κ1) is 15.6. The highest BCUT2D eigenvalue weighted by molar-refractivity contribution is 7.22. The molecule has 0 aliphatic rings. The van der Waals surface area contributed by atoms with Gasteiger partial charge in [-0.3, -0.25) is 0 Å². The maximum absolute atomic E-state index is 6.37. The van der Waals surface area contributed by atoms with Crippen molar-refractivity contribution in [3.8, 4) is 21.5 Å². The summed E-state index contributed by atoms with van der Waals surface area (Å²) in [6.07, 6.45) is 0. The molecule has 0 saturated heterocycles. The van der Waals surface area contributed by atoms with Crippen LogP contribution in [0.3, 0.4) is 0 Å². The van der Waals surface area contributed by atoms with Crippen LogP contribution in [0.5, 0.6) is 0 Å². The molecule has 122 valence electrons. The minimum Gasteiger partial charge on any atom is -0.414 e. The van der Waals surface area contributed by atoms with Crippen molar-refractivity contribution in [2.24, 2.45) is 0 Å². The van der Waals surface area contributed by atoms with E-state index in [1.165, 1.54) is 22.7 Å². The largest absolute Gasteiger partial charge is 0.414 e. The van der Waals surface area contributed by atoms with Crippen molar-refractivity contribution in [2.45, 2.75) is 20.8 Å². The quantitative estimate of drug-likeness (QED) is 0.517. The van der Waals surface area contributed by atoms with Crippen LogP contribution in [0.1, 0.15) is 16.8 Å². The predicted molar refractivity (Wildman–Crippen MR) is 99.9 cm³/mol. The number of hydrogen-bond acceptors (Lipinski definition) is 7. The third-order valence-corrected chi connectivity index (χ3v) is 6.39. The van der Waals surface area contributed by atoms with Gasteiger partial charge in [0, 0.05) is 11.1 Å². The average Bonchev–Trinajstić information content (AvgIpc) is 3.24. The second-order valence-electron chi connectivity index (χ2n) is 5.49. The summed E-state index contributed by atoms with van der Waals surface area (Å²) in [4.78, 5) is 7.12. The highest BCUT2D eigenvalue weighted by Gasteiger charge is 2.21. The van der Waals surface area contributed by atoms with E-state index in [-0.39, 0.29) is 0 Å². The number of rotatable bonds is 2. The number of aryl methyl sites for hydroxylation is 2. The first-order valence-electron chi connectivity index (χ1n) is 7.21. The summed E-state index contributed by atoms with van der Waals surface area (Å²) in [6.45, 7) is 6.12. The van der Waals surface area contributed by atoms with E-state index in [1.807, 2.05) is 13.0 Å². The highest BCUT2D eigenvalue weighted by atomic mass is 35.5. The Labute approximate surface area is 151 Å². The SMILES string of the molecule is Cc1nc2sc(-c3nnc(-c4ccc(Cl)s4)o3)c(N)c2c(C)c1C. The molecule has 0 fully saturated rings. The van der Waals surface area contributed by atoms with E-state index >= 15 is 0 Å². The van der Waals surface area contributed by atoms with Crippen LogP contribution in [0, 0.1) is 20.8 Å². The fraction of sp³-hybridized carbons (Fsp3) is 0.188. The molecule has 0 amide bonds. The Kier molecular flexibility index (Phi) is 3.59. The minimum atomic E-state index is 0.407. The lowest BCUT2D eigenvalue weighted by Gasteiger charge is -2.05. The molecule has 0 atom stereocenters. The van der Waals surface area contributed by atoms with Crippen LogP contribution >= 0.6 is 34.3 Å². The number of anilines is 1. The standard InChI is InChI=1S/C16H13ClN4OS2/c1-6-7(2)11-12(18)13(24-16(11)19-8(6)3)15-21-20-14(22-15)9-4-5-10(17)23-9/h4-5H,18H2,1-3H3. The van der Waals surface area contributed by atoms with E-state index in [0.29, 0.717) is 21.8 Å². The van der Waals surface area contributed by atoms with E-state index < -0.39 is 0 Å². The van der Waals surface area contributed by atoms with E-state index in [0.717, 1.165) is 36.8 Å². The van der Waals surface area contributed by atoms with Crippen LogP contribution in [-0.2, 0) is 0 Å². The number of thiophene rings is 2. The monoisotopic (exact) mass is 376 g/mol. The molecular weight excluding hydrogens is 364 g/mol. The van der Waals surface area contributed by atoms with Crippen molar-refractivity contribution in [2.75, 3.05) is 5.73 Å². The summed E-state index contributed by atoms with van der Waals surface area (Å²) >= 11 is 8.83. The molecule has 0 spiro atoms. The molecule has 0 aliphatic carbocycles. The molecule has 0 aliphatic heterocycles. The van der Waals surface area contributed by atoms with Gasteiger partial charge in [-0.1, -0.05) is 11.6 Å². The molecule has 4 aromatic heterocycles. The van der Waals surface area contributed by atoms with Gasteiger partial charge in [0.15, 0.2) is 0 Å². The number of nitrogen functional groups attached to an aromatic ring is 1. The summed E-state index contributed by atoms with van der Waals surface area (Å²) in [5.74, 6) is 0.848. The Morgan fingerprint density at radius 2 is 1.79 bits per heavy atom. The molecule has 8 heteroatoms. The van der Waals surface area contributed by atoms with Crippen LogP contribution in [0.15, 0.2) is 16.5 Å². The molecular formula is C16H13ClN4OS2. The molecule has 2 N–H and O–H groups in total. The van der Waals surface area contributed by atoms with Gasteiger partial charge in [0.2, 0.25) is 0 Å². The molecule has 4 rings (SSSR count). The van der Waals surface area contributed by atoms with Crippen molar-refractivity contribution in [1.82, 2.24) is 15.2 Å². The number of halogens is 1. The van der Waals surface area contributed by atoms with Crippen LogP contribution in [0.25, 0.3) is 31.8 Å². The highest BCUT2D eigenvalue weighted by Crippen LogP contribution is 2.42. The van der Waals surface area contributed by atoms with E-state index in [4.69, 9.17) is 21.8 Å². The lowest BCUT2D eigenvalue weighted by Crippen LogP contribution is -1.93. The Hall–Kier alpha value is -1.96. The van der Waals surface area contributed by atoms with Crippen molar-refractivity contribution in [3.05, 3.63) is 33.3 Å². The molecule has 0 aromatic carbocycles. The zero-order valence-electron chi connectivity index (χ0n) is 13.2. The first-order valence-corrected chi connectivity index (χ1v) is 9.22. The second kappa shape index (κ2) is 5.54. The summed E-state index contributed by atoms with van der Waals surface area (Å²) in [6, 6.07) is 3.66. The molecule has 4 heterocycles. The maximum atomic E-state index is 6.37. The Morgan fingerprint density at radius 1 is 1.04 bits per heavy atom. The lowest BCUT2D eigenvalue weighted by atomic mass is 10.1. The molecule has 0 saturated carbocycles. The fourth-order valence-corrected chi connectivity index (χ4v) is 4.66. The third-order valence-electron chi connectivity index (χ3n) is 4.08. The van der Waals surface area contributed by atoms with Gasteiger partial charge in [0.25, 0.3) is 11.8 Å². The maximum Gasteiger partial charge on any atom is 0.260 e. The minimum absolute atomic E-state index is 0.407. The second-order valence-corrected chi connectivity index (χ2v) is 8.20. The summed E-state index contributed by atoms with van der Waals surface area (Å²) < 4.78 is 6.49. The zero-order valence-corrected chi connectivity index (χ0v) is 15.6. The van der Waals surface area contributed by atoms with Crippen LogP contribution in [0.4, 0.5) is 5.69 Å². The Bertz CT molecular complexity index is 1080. The molecule has 24 heavy (non-hydrogen) atoms. The number of pyridine rings is 1. The number of fused-ring (bicyclic) bond motifs is 1. The number of nitrogens with two attached hydrogens (primary N) is 1. The average molecular weight is 377 g/mol. The zero-order chi connectivity index (χ0) is 17.0. The van der Waals surface area contributed by atoms with Crippen molar-refractivity contribution in [3.63, 3.8) is 0 Å². The van der Waals surface area contributed by atoms with E-state index in [9.17, 15) is 0 Å². The smallest absolute Gasteiger partial charge is 0.260 e. The number of aromatic nitrogens is 3. The Morgan fingerprint density at radius 3 is 2.50 bits per heavy atom. The van der Waals surface area contributed by atoms with Gasteiger partial charge in [-0.15, -0.1) is 32.9 Å². The third kappa shape index (κ3) is 2.31. The van der Waals surface area contributed by atoms with Gasteiger partial charge in [-0.2, -0.15) is 0 Å². The van der Waals surface area contributed by atoms with Gasteiger partial charge >= 0.3 is 0 Å². The van der Waals surface area contributed by atoms with Gasteiger partial charge in [0.05, 0.1) is 14.9 Å². The summed E-state index contributed by atoms with van der Waals surface area (Å²) in [5, 5.41) is 9.23. The molecule has 0 unspecified atom stereocenters. The van der Waals surface area contributed by atoms with E-state index in [1.54, 1.807) is 6.07 Å². The van der Waals surface area contributed by atoms with Crippen LogP contribution in [-0.4, -0.2) is 15.2 Å². The normalized spacial score (nSPS) is 11.5. The van der Waals surface area contributed by atoms with Gasteiger partial charge in [-0.05, 0) is 44.0 Å². The molecule has 4 aromatic rings. The van der Waals surface area contributed by atoms with Gasteiger partial charge < -0.3 is 10.2 Å². The van der Waals surface area contributed by atoms with Gasteiger partial charge in [0.1, 0.15) is 9.71 Å². The first-order chi connectivity index (χ1) is 11.5. The molecule has 0 radical (unpaired) electrons. The number of hydrogen-bond donors (Lipinski definition) is 1. The van der Waals surface area contributed by atoms with Crippen LogP contribution < -0.4 is 5.73 Å². The van der Waals surface area contributed by atoms with E-state index in [2.05, 4.69) is 29.0 Å². The fourth-order valence-electron chi connectivity index (χ4n) is 2.57. The Balaban J connectivity index is 1.87.